The number of hydrogen-bond donors (Lipinski definition) is 0. The fourth-order valence-electron chi connectivity index (χ4n) is 6.68. The minimum absolute atomic E-state index is 1.23. The van der Waals surface area contributed by atoms with Gasteiger partial charge in [-0.2, -0.15) is 0 Å². The SMILES string of the molecule is CCCCCCCCCCCCCc1n(CCCCCCCCCCCC)cc[n+]1CCCCCCCCCCCC. The number of aryl methyl sites for hydroxylation is 2. The Balaban J connectivity index is 2.32. The molecule has 2 heteroatoms. The molecule has 0 radical (unpaired) electrons. The second-order valence-electron chi connectivity index (χ2n) is 13.8. The Hall–Kier alpha value is -0.790. The Morgan fingerprint density at radius 3 is 1.14 bits per heavy atom. The lowest BCUT2D eigenvalue weighted by molar-refractivity contribution is -0.704. The molecular weight excluding hydrogens is 508 g/mol. The maximum atomic E-state index is 2.64. The van der Waals surface area contributed by atoms with Crippen molar-refractivity contribution in [2.45, 2.75) is 239 Å². The Morgan fingerprint density at radius 1 is 0.405 bits per heavy atom. The number of rotatable bonds is 34. The minimum atomic E-state index is 1.23. The molecule has 0 saturated carbocycles. The molecule has 0 atom stereocenters. The van der Waals surface area contributed by atoms with Gasteiger partial charge in [0.2, 0.25) is 0 Å². The molecule has 1 heterocycles. The van der Waals surface area contributed by atoms with Crippen molar-refractivity contribution in [2.75, 3.05) is 0 Å². The van der Waals surface area contributed by atoms with Crippen LogP contribution < -0.4 is 4.57 Å². The Bertz CT molecular complexity index is 607. The van der Waals surface area contributed by atoms with Gasteiger partial charge in [-0.25, -0.2) is 9.13 Å². The van der Waals surface area contributed by atoms with Crippen LogP contribution >= 0.6 is 0 Å². The maximum absolute atomic E-state index is 2.64. The minimum Gasteiger partial charge on any atom is -0.234 e. The van der Waals surface area contributed by atoms with Crippen molar-refractivity contribution in [1.82, 2.24) is 4.57 Å². The number of unbranched alkanes of at least 4 members (excludes halogenated alkanes) is 28. The van der Waals surface area contributed by atoms with Gasteiger partial charge in [0, 0.05) is 6.42 Å². The van der Waals surface area contributed by atoms with E-state index in [9.17, 15) is 0 Å². The van der Waals surface area contributed by atoms with E-state index in [1.807, 2.05) is 0 Å². The lowest BCUT2D eigenvalue weighted by atomic mass is 10.0. The Morgan fingerprint density at radius 2 is 0.738 bits per heavy atom. The van der Waals surface area contributed by atoms with E-state index in [-0.39, 0.29) is 0 Å². The number of hydrogen-bond acceptors (Lipinski definition) is 0. The third-order valence-electron chi connectivity index (χ3n) is 9.60. The van der Waals surface area contributed by atoms with Gasteiger partial charge in [-0.3, -0.25) is 0 Å². The summed E-state index contributed by atoms with van der Waals surface area (Å²) in [5.41, 5.74) is 0. The van der Waals surface area contributed by atoms with Crippen LogP contribution in [0.2, 0.25) is 0 Å². The van der Waals surface area contributed by atoms with Gasteiger partial charge in [0.25, 0.3) is 5.82 Å². The van der Waals surface area contributed by atoms with Gasteiger partial charge >= 0.3 is 0 Å². The number of imidazole rings is 1. The van der Waals surface area contributed by atoms with Crippen molar-refractivity contribution in [2.24, 2.45) is 0 Å². The molecule has 0 fully saturated rings. The van der Waals surface area contributed by atoms with E-state index in [4.69, 9.17) is 0 Å². The van der Waals surface area contributed by atoms with E-state index in [1.165, 1.54) is 219 Å². The van der Waals surface area contributed by atoms with E-state index in [0.717, 1.165) is 0 Å². The van der Waals surface area contributed by atoms with Gasteiger partial charge in [-0.1, -0.05) is 188 Å². The number of aromatic nitrogens is 2. The first-order valence-corrected chi connectivity index (χ1v) is 19.9. The van der Waals surface area contributed by atoms with Crippen LogP contribution in [-0.2, 0) is 19.5 Å². The van der Waals surface area contributed by atoms with Crippen molar-refractivity contribution in [1.29, 1.82) is 0 Å². The van der Waals surface area contributed by atoms with E-state index < -0.39 is 0 Å². The summed E-state index contributed by atoms with van der Waals surface area (Å²) in [4.78, 5) is 0. The summed E-state index contributed by atoms with van der Waals surface area (Å²) in [6, 6.07) is 0. The van der Waals surface area contributed by atoms with E-state index in [1.54, 1.807) is 5.82 Å². The summed E-state index contributed by atoms with van der Waals surface area (Å²) in [5.74, 6) is 1.62. The molecule has 0 aliphatic rings. The van der Waals surface area contributed by atoms with Crippen molar-refractivity contribution in [3.63, 3.8) is 0 Å². The lowest BCUT2D eigenvalue weighted by Gasteiger charge is -2.07. The quantitative estimate of drug-likeness (QED) is 0.0560. The van der Waals surface area contributed by atoms with Crippen molar-refractivity contribution in [3.8, 4) is 0 Å². The molecule has 1 aromatic rings. The molecule has 0 aromatic carbocycles. The fraction of sp³-hybridized carbons (Fsp3) is 0.925. The topological polar surface area (TPSA) is 8.81 Å². The predicted molar refractivity (Wildman–Crippen MR) is 188 cm³/mol. The zero-order valence-electron chi connectivity index (χ0n) is 29.6. The molecule has 1 aromatic heterocycles. The second-order valence-corrected chi connectivity index (χ2v) is 13.8. The highest BCUT2D eigenvalue weighted by Gasteiger charge is 2.16. The molecule has 1 rings (SSSR count). The summed E-state index contributed by atoms with van der Waals surface area (Å²) in [7, 11) is 0. The van der Waals surface area contributed by atoms with Gasteiger partial charge in [-0.15, -0.1) is 0 Å². The lowest BCUT2D eigenvalue weighted by Crippen LogP contribution is -2.37. The van der Waals surface area contributed by atoms with Crippen LogP contribution in [0.5, 0.6) is 0 Å². The average molecular weight is 588 g/mol. The highest BCUT2D eigenvalue weighted by atomic mass is 15.1. The van der Waals surface area contributed by atoms with Crippen LogP contribution in [0.3, 0.4) is 0 Å². The van der Waals surface area contributed by atoms with Crippen LogP contribution in [0, 0.1) is 0 Å². The zero-order chi connectivity index (χ0) is 30.2. The maximum Gasteiger partial charge on any atom is 0.256 e. The van der Waals surface area contributed by atoms with E-state index >= 15 is 0 Å². The molecule has 2 nitrogen and oxygen atoms in total. The molecule has 0 unspecified atom stereocenters. The van der Waals surface area contributed by atoms with Crippen molar-refractivity contribution >= 4 is 0 Å². The first kappa shape index (κ1) is 39.2. The molecule has 0 N–H and O–H groups in total. The second kappa shape index (κ2) is 31.6. The summed E-state index contributed by atoms with van der Waals surface area (Å²) in [5, 5.41) is 0. The van der Waals surface area contributed by atoms with Gasteiger partial charge in [0.05, 0.1) is 13.1 Å². The van der Waals surface area contributed by atoms with Crippen molar-refractivity contribution in [3.05, 3.63) is 18.2 Å². The summed E-state index contributed by atoms with van der Waals surface area (Å²) in [6.07, 6.45) is 50.4. The average Bonchev–Trinajstić information content (AvgIpc) is 3.38. The fourth-order valence-corrected chi connectivity index (χ4v) is 6.68. The van der Waals surface area contributed by atoms with Gasteiger partial charge < -0.3 is 0 Å². The largest absolute Gasteiger partial charge is 0.256 e. The zero-order valence-corrected chi connectivity index (χ0v) is 29.6. The monoisotopic (exact) mass is 588 g/mol. The third kappa shape index (κ3) is 23.6. The van der Waals surface area contributed by atoms with Gasteiger partial charge in [0.15, 0.2) is 0 Å². The molecule has 248 valence electrons. The molecule has 42 heavy (non-hydrogen) atoms. The Kier molecular flexibility index (Phi) is 29.5. The van der Waals surface area contributed by atoms with Crippen molar-refractivity contribution < 1.29 is 4.57 Å². The molecule has 0 spiro atoms. The van der Waals surface area contributed by atoms with E-state index in [2.05, 4.69) is 42.3 Å². The Labute approximate surface area is 266 Å². The molecular formula is C40H79N2+. The molecule has 0 aliphatic carbocycles. The summed E-state index contributed by atoms with van der Waals surface area (Å²) < 4.78 is 5.27. The molecule has 0 aliphatic heterocycles. The molecule has 0 amide bonds. The first-order chi connectivity index (χ1) is 20.8. The normalized spacial score (nSPS) is 11.6. The molecule has 0 saturated heterocycles. The van der Waals surface area contributed by atoms with Gasteiger partial charge in [0.1, 0.15) is 12.4 Å². The van der Waals surface area contributed by atoms with Crippen LogP contribution in [0.15, 0.2) is 12.4 Å². The summed E-state index contributed by atoms with van der Waals surface area (Å²) >= 11 is 0. The highest BCUT2D eigenvalue weighted by molar-refractivity contribution is 4.84. The highest BCUT2D eigenvalue weighted by Crippen LogP contribution is 2.15. The van der Waals surface area contributed by atoms with Crippen LogP contribution in [0.4, 0.5) is 0 Å². The predicted octanol–water partition coefficient (Wildman–Crippen LogP) is 13.5. The van der Waals surface area contributed by atoms with E-state index in [0.29, 0.717) is 0 Å². The smallest absolute Gasteiger partial charge is 0.234 e. The third-order valence-corrected chi connectivity index (χ3v) is 9.60. The van der Waals surface area contributed by atoms with Gasteiger partial charge in [-0.05, 0) is 32.1 Å². The number of nitrogens with zero attached hydrogens (tertiary/aromatic N) is 2. The first-order valence-electron chi connectivity index (χ1n) is 19.9. The van der Waals surface area contributed by atoms with Crippen LogP contribution in [0.1, 0.15) is 226 Å². The molecule has 0 bridgehead atoms. The van der Waals surface area contributed by atoms with Crippen LogP contribution in [-0.4, -0.2) is 4.57 Å². The van der Waals surface area contributed by atoms with Crippen LogP contribution in [0.25, 0.3) is 0 Å². The standard InChI is InChI=1S/C40H79N2/c1-4-7-10-13-16-19-22-23-26-29-32-35-40-41(36-33-30-27-24-20-17-14-11-8-5-2)38-39-42(40)37-34-31-28-25-21-18-15-12-9-6-3/h38-39H,4-37H2,1-3H3/q+1. The summed E-state index contributed by atoms with van der Waals surface area (Å²) in [6.45, 7) is 9.40.